The lowest BCUT2D eigenvalue weighted by atomic mass is 10.3. The van der Waals surface area contributed by atoms with Gasteiger partial charge in [0.2, 0.25) is 0 Å². The van der Waals surface area contributed by atoms with Crippen molar-refractivity contribution in [3.63, 3.8) is 0 Å². The van der Waals surface area contributed by atoms with Crippen molar-refractivity contribution < 1.29 is 9.18 Å². The van der Waals surface area contributed by atoms with Crippen LogP contribution in [0, 0.1) is 17.1 Å². The van der Waals surface area contributed by atoms with Crippen LogP contribution in [0.5, 0.6) is 0 Å². The largest absolute Gasteiger partial charge is 0.343 e. The highest BCUT2D eigenvalue weighted by atomic mass is 32.2. The fourth-order valence-corrected chi connectivity index (χ4v) is 2.80. The van der Waals surface area contributed by atoms with Crippen molar-refractivity contribution in [1.82, 2.24) is 14.3 Å². The van der Waals surface area contributed by atoms with Gasteiger partial charge in [-0.05, 0) is 37.4 Å². The predicted molar refractivity (Wildman–Crippen MR) is 91.0 cm³/mol. The second-order valence-electron chi connectivity index (χ2n) is 5.29. The predicted octanol–water partition coefficient (Wildman–Crippen LogP) is 3.08. The molecule has 2 aromatic rings. The number of carbonyl (C=O) groups excluding carboxylic acids is 1. The minimum absolute atomic E-state index is 0.0706. The minimum Gasteiger partial charge on any atom is -0.343 e. The monoisotopic (exact) mass is 347 g/mol. The lowest BCUT2D eigenvalue weighted by Crippen LogP contribution is -2.18. The molecule has 8 heteroatoms. The van der Waals surface area contributed by atoms with Crippen LogP contribution in [0.2, 0.25) is 0 Å². The molecule has 0 saturated carbocycles. The summed E-state index contributed by atoms with van der Waals surface area (Å²) in [5, 5.41) is 11.4. The van der Waals surface area contributed by atoms with Gasteiger partial charge in [-0.1, -0.05) is 6.92 Å². The summed E-state index contributed by atoms with van der Waals surface area (Å²) in [6.07, 6.45) is 3.89. The number of halogens is 1. The van der Waals surface area contributed by atoms with Crippen molar-refractivity contribution in [3.8, 4) is 6.07 Å². The molecule has 2 aromatic heterocycles. The normalized spacial score (nSPS) is 11.8. The lowest BCUT2D eigenvalue weighted by Gasteiger charge is -2.08. The van der Waals surface area contributed by atoms with Crippen molar-refractivity contribution in [1.29, 1.82) is 5.26 Å². The molecule has 0 unspecified atom stereocenters. The third-order valence-electron chi connectivity index (χ3n) is 3.42. The topological polar surface area (TPSA) is 82.7 Å². The molecule has 0 spiro atoms. The van der Waals surface area contributed by atoms with Crippen LogP contribution in [-0.4, -0.2) is 21.5 Å². The summed E-state index contributed by atoms with van der Waals surface area (Å²) in [6.45, 7) is 4.03. The van der Waals surface area contributed by atoms with Crippen LogP contribution in [0.15, 0.2) is 29.4 Å². The van der Waals surface area contributed by atoms with Crippen molar-refractivity contribution in [2.24, 2.45) is 7.05 Å². The second-order valence-corrected chi connectivity index (χ2v) is 6.17. The Morgan fingerprint density at radius 3 is 3.00 bits per heavy atom. The molecule has 0 aliphatic carbocycles. The lowest BCUT2D eigenvalue weighted by molar-refractivity contribution is 0.101. The molecule has 1 atom stereocenters. The van der Waals surface area contributed by atoms with Crippen LogP contribution in [-0.2, 0) is 7.05 Å². The summed E-state index contributed by atoms with van der Waals surface area (Å²) >= 11 is 1.17. The number of rotatable bonds is 6. The number of hydrogen-bond donors (Lipinski definition) is 2. The van der Waals surface area contributed by atoms with Gasteiger partial charge in [0, 0.05) is 31.2 Å². The maximum Gasteiger partial charge on any atom is 0.275 e. The summed E-state index contributed by atoms with van der Waals surface area (Å²) in [5.74, 6) is -1.16. The molecule has 0 aliphatic heterocycles. The second kappa shape index (κ2) is 7.95. The van der Waals surface area contributed by atoms with Crippen molar-refractivity contribution in [2.75, 3.05) is 5.32 Å². The first kappa shape index (κ1) is 18.0. The molecule has 24 heavy (non-hydrogen) atoms. The fourth-order valence-electron chi connectivity index (χ4n) is 1.91. The maximum absolute atomic E-state index is 14.5. The van der Waals surface area contributed by atoms with Crippen LogP contribution >= 0.6 is 11.9 Å². The number of hydrogen-bond acceptors (Lipinski definition) is 5. The van der Waals surface area contributed by atoms with Gasteiger partial charge in [-0.25, -0.2) is 9.37 Å². The summed E-state index contributed by atoms with van der Waals surface area (Å²) in [5.41, 5.74) is 0.493. The Morgan fingerprint density at radius 1 is 1.58 bits per heavy atom. The van der Waals surface area contributed by atoms with Gasteiger partial charge >= 0.3 is 0 Å². The first-order valence-electron chi connectivity index (χ1n) is 7.41. The van der Waals surface area contributed by atoms with Gasteiger partial charge in [0.1, 0.15) is 17.5 Å². The highest BCUT2D eigenvalue weighted by Crippen LogP contribution is 2.25. The van der Waals surface area contributed by atoms with Gasteiger partial charge in [-0.2, -0.15) is 5.26 Å². The number of nitrogens with one attached hydrogen (secondary N) is 2. The number of aryl methyl sites for hydroxylation is 1. The highest BCUT2D eigenvalue weighted by molar-refractivity contribution is 7.97. The van der Waals surface area contributed by atoms with Crippen LogP contribution < -0.4 is 10.0 Å². The molecule has 0 bridgehead atoms. The zero-order valence-corrected chi connectivity index (χ0v) is 14.4. The van der Waals surface area contributed by atoms with E-state index in [-0.39, 0.29) is 17.4 Å². The van der Waals surface area contributed by atoms with Gasteiger partial charge in [0.15, 0.2) is 5.82 Å². The highest BCUT2D eigenvalue weighted by Gasteiger charge is 2.21. The van der Waals surface area contributed by atoms with E-state index in [1.54, 1.807) is 19.3 Å². The molecule has 6 nitrogen and oxygen atoms in total. The molecular weight excluding hydrogens is 329 g/mol. The van der Waals surface area contributed by atoms with E-state index in [2.05, 4.69) is 15.0 Å². The third-order valence-corrected chi connectivity index (χ3v) is 4.44. The number of nitriles is 1. The van der Waals surface area contributed by atoms with Crippen LogP contribution in [0.4, 0.5) is 10.1 Å². The SMILES string of the molecule is CC[C@@H](C)NSc1cn(C)c(C(=O)Nc2ccnc(C#N)c2)c1F. The maximum atomic E-state index is 14.5. The van der Waals surface area contributed by atoms with E-state index in [9.17, 15) is 9.18 Å². The van der Waals surface area contributed by atoms with Gasteiger partial charge in [-0.3, -0.25) is 9.52 Å². The van der Waals surface area contributed by atoms with E-state index in [1.165, 1.54) is 28.8 Å². The van der Waals surface area contributed by atoms with E-state index >= 15 is 0 Å². The van der Waals surface area contributed by atoms with E-state index in [0.717, 1.165) is 6.42 Å². The van der Waals surface area contributed by atoms with Crippen molar-refractivity contribution in [2.45, 2.75) is 31.2 Å². The Bertz CT molecular complexity index is 783. The number of aromatic nitrogens is 2. The molecule has 2 N–H and O–H groups in total. The Hall–Kier alpha value is -2.37. The summed E-state index contributed by atoms with van der Waals surface area (Å²) in [7, 11) is 1.61. The number of anilines is 1. The summed E-state index contributed by atoms with van der Waals surface area (Å²) < 4.78 is 19.1. The van der Waals surface area contributed by atoms with Crippen molar-refractivity contribution in [3.05, 3.63) is 41.7 Å². The van der Waals surface area contributed by atoms with E-state index in [0.29, 0.717) is 10.6 Å². The van der Waals surface area contributed by atoms with Crippen LogP contribution in [0.1, 0.15) is 36.5 Å². The molecule has 0 aromatic carbocycles. The minimum atomic E-state index is -0.583. The molecule has 0 saturated heterocycles. The Kier molecular flexibility index (Phi) is 5.95. The van der Waals surface area contributed by atoms with E-state index in [4.69, 9.17) is 5.26 Å². The zero-order chi connectivity index (χ0) is 17.7. The van der Waals surface area contributed by atoms with Crippen LogP contribution in [0.25, 0.3) is 0 Å². The molecule has 1 amide bonds. The molecule has 126 valence electrons. The average Bonchev–Trinajstić information content (AvgIpc) is 2.86. The number of pyridine rings is 1. The third kappa shape index (κ3) is 4.13. The van der Waals surface area contributed by atoms with Gasteiger partial charge in [-0.15, -0.1) is 0 Å². The van der Waals surface area contributed by atoms with Gasteiger partial charge in [0.05, 0.1) is 4.90 Å². The van der Waals surface area contributed by atoms with Gasteiger partial charge in [0.25, 0.3) is 5.91 Å². The number of nitrogens with zero attached hydrogens (tertiary/aromatic N) is 3. The average molecular weight is 347 g/mol. The Labute approximate surface area is 144 Å². The number of carbonyl (C=O) groups is 1. The molecule has 2 heterocycles. The molecule has 0 fully saturated rings. The van der Waals surface area contributed by atoms with Crippen LogP contribution in [0.3, 0.4) is 0 Å². The fraction of sp³-hybridized carbons (Fsp3) is 0.312. The first-order valence-corrected chi connectivity index (χ1v) is 8.22. The molecular formula is C16H18FN5OS. The summed E-state index contributed by atoms with van der Waals surface area (Å²) in [4.78, 5) is 16.5. The van der Waals surface area contributed by atoms with Crippen molar-refractivity contribution >= 4 is 23.5 Å². The Morgan fingerprint density at radius 2 is 2.33 bits per heavy atom. The van der Waals surface area contributed by atoms with Gasteiger partial charge < -0.3 is 9.88 Å². The quantitative estimate of drug-likeness (QED) is 0.785. The molecule has 0 aliphatic rings. The van der Waals surface area contributed by atoms with E-state index < -0.39 is 11.7 Å². The number of amides is 1. The molecule has 0 radical (unpaired) electrons. The zero-order valence-electron chi connectivity index (χ0n) is 13.6. The summed E-state index contributed by atoms with van der Waals surface area (Å²) in [6, 6.07) is 5.09. The standard InChI is InChI=1S/C16H18FN5OS/c1-4-10(2)21-24-13-9-22(3)15(14(13)17)16(23)20-11-5-6-19-12(7-11)8-18/h5-7,9-10,21H,4H2,1-3H3,(H,19,20,23)/t10-/m1/s1. The molecule has 2 rings (SSSR count). The van der Waals surface area contributed by atoms with E-state index in [1.807, 2.05) is 19.9 Å². The Balaban J connectivity index is 2.17. The first-order chi connectivity index (χ1) is 11.5. The smallest absolute Gasteiger partial charge is 0.275 e.